The minimum Gasteiger partial charge on any atom is -0.494 e. The molecule has 2 aromatic carbocycles. The molecule has 0 saturated carbocycles. The van der Waals surface area contributed by atoms with Crippen molar-refractivity contribution in [1.82, 2.24) is 9.80 Å². The van der Waals surface area contributed by atoms with Crippen molar-refractivity contribution in [3.8, 4) is 11.5 Å². The maximum atomic E-state index is 13.8. The Morgan fingerprint density at radius 2 is 1.89 bits per heavy atom. The van der Waals surface area contributed by atoms with Gasteiger partial charge in [-0.3, -0.25) is 9.69 Å². The van der Waals surface area contributed by atoms with E-state index in [1.165, 1.54) is 24.3 Å². The fraction of sp³-hybridized carbons (Fsp3) is 0.409. The van der Waals surface area contributed by atoms with Gasteiger partial charge in [0.15, 0.2) is 11.6 Å². The van der Waals surface area contributed by atoms with Gasteiger partial charge in [0.05, 0.1) is 20.1 Å². The number of halogens is 1. The van der Waals surface area contributed by atoms with Gasteiger partial charge in [0.25, 0.3) is 0 Å². The quantitative estimate of drug-likeness (QED) is 0.795. The van der Waals surface area contributed by atoms with Crippen LogP contribution in [0.4, 0.5) is 4.39 Å². The molecule has 2 aliphatic rings. The highest BCUT2D eigenvalue weighted by molar-refractivity contribution is 5.79. The predicted molar refractivity (Wildman–Crippen MR) is 104 cm³/mol. The number of carbonyl (C=O) groups is 1. The van der Waals surface area contributed by atoms with E-state index >= 15 is 0 Å². The molecule has 1 amide bonds. The zero-order chi connectivity index (χ0) is 19.5. The molecule has 0 aliphatic carbocycles. The van der Waals surface area contributed by atoms with Gasteiger partial charge >= 0.3 is 0 Å². The third-order valence-electron chi connectivity index (χ3n) is 5.46. The number of hydrogen-bond acceptors (Lipinski definition) is 4. The van der Waals surface area contributed by atoms with Crippen LogP contribution in [0.3, 0.4) is 0 Å². The number of benzene rings is 2. The van der Waals surface area contributed by atoms with Gasteiger partial charge < -0.3 is 14.4 Å². The maximum Gasteiger partial charge on any atom is 0.227 e. The molecular formula is C22H25FN2O3. The molecule has 1 saturated heterocycles. The standard InChI is InChI=1S/C22H25FN2O3/c1-27-21-5-2-16(13-19(21)23)14-22(26)25-9-7-24(8-10-25)15-17-3-4-20-18(12-17)6-11-28-20/h2-5,12-13H,6-11,14-15H2,1H3. The summed E-state index contributed by atoms with van der Waals surface area (Å²) in [6.07, 6.45) is 1.20. The van der Waals surface area contributed by atoms with Crippen LogP contribution in [0.2, 0.25) is 0 Å². The lowest BCUT2D eigenvalue weighted by atomic mass is 10.1. The highest BCUT2D eigenvalue weighted by Crippen LogP contribution is 2.26. The molecule has 28 heavy (non-hydrogen) atoms. The lowest BCUT2D eigenvalue weighted by Gasteiger charge is -2.35. The van der Waals surface area contributed by atoms with Crippen molar-refractivity contribution in [2.24, 2.45) is 0 Å². The second-order valence-corrected chi connectivity index (χ2v) is 7.34. The minimum absolute atomic E-state index is 0.0406. The summed E-state index contributed by atoms with van der Waals surface area (Å²) in [5.41, 5.74) is 3.25. The number of rotatable bonds is 5. The van der Waals surface area contributed by atoms with Crippen LogP contribution in [-0.4, -0.2) is 55.6 Å². The van der Waals surface area contributed by atoms with Gasteiger partial charge in [0.2, 0.25) is 5.91 Å². The molecule has 1 fully saturated rings. The SMILES string of the molecule is COc1ccc(CC(=O)N2CCN(Cc3ccc4c(c3)CCO4)CC2)cc1F. The summed E-state index contributed by atoms with van der Waals surface area (Å²) in [5, 5.41) is 0. The summed E-state index contributed by atoms with van der Waals surface area (Å²) in [5.74, 6) is 0.813. The van der Waals surface area contributed by atoms with Crippen molar-refractivity contribution in [3.63, 3.8) is 0 Å². The largest absolute Gasteiger partial charge is 0.494 e. The summed E-state index contributed by atoms with van der Waals surface area (Å²) >= 11 is 0. The Hall–Kier alpha value is -2.60. The van der Waals surface area contributed by atoms with Crippen LogP contribution in [0.15, 0.2) is 36.4 Å². The Bertz CT molecular complexity index is 863. The van der Waals surface area contributed by atoms with E-state index in [0.717, 1.165) is 38.4 Å². The number of amides is 1. The Labute approximate surface area is 164 Å². The fourth-order valence-electron chi connectivity index (χ4n) is 3.86. The number of carbonyl (C=O) groups excluding carboxylic acids is 1. The summed E-state index contributed by atoms with van der Waals surface area (Å²) < 4.78 is 24.3. The van der Waals surface area contributed by atoms with Gasteiger partial charge in [-0.05, 0) is 34.9 Å². The summed E-state index contributed by atoms with van der Waals surface area (Å²) in [7, 11) is 1.43. The Morgan fingerprint density at radius 3 is 2.64 bits per heavy atom. The second kappa shape index (κ2) is 8.19. The lowest BCUT2D eigenvalue weighted by Crippen LogP contribution is -2.48. The van der Waals surface area contributed by atoms with Gasteiger partial charge in [0.1, 0.15) is 5.75 Å². The first-order chi connectivity index (χ1) is 13.6. The molecule has 2 aromatic rings. The third-order valence-corrected chi connectivity index (χ3v) is 5.46. The van der Waals surface area contributed by atoms with Gasteiger partial charge in [-0.15, -0.1) is 0 Å². The van der Waals surface area contributed by atoms with Crippen molar-refractivity contribution in [1.29, 1.82) is 0 Å². The second-order valence-electron chi connectivity index (χ2n) is 7.34. The average molecular weight is 384 g/mol. The molecule has 0 bridgehead atoms. The van der Waals surface area contributed by atoms with Crippen LogP contribution in [0.5, 0.6) is 11.5 Å². The van der Waals surface area contributed by atoms with E-state index in [4.69, 9.17) is 9.47 Å². The molecule has 0 unspecified atom stereocenters. The minimum atomic E-state index is -0.433. The van der Waals surface area contributed by atoms with E-state index < -0.39 is 5.82 Å². The molecule has 0 aromatic heterocycles. The van der Waals surface area contributed by atoms with Crippen molar-refractivity contribution >= 4 is 5.91 Å². The van der Waals surface area contributed by atoms with Gasteiger partial charge in [-0.1, -0.05) is 18.2 Å². The molecular weight excluding hydrogens is 359 g/mol. The Morgan fingerprint density at radius 1 is 1.11 bits per heavy atom. The first kappa shape index (κ1) is 18.7. The van der Waals surface area contributed by atoms with Gasteiger partial charge in [-0.2, -0.15) is 0 Å². The van der Waals surface area contributed by atoms with Gasteiger partial charge in [0, 0.05) is 39.1 Å². The predicted octanol–water partition coefficient (Wildman–Crippen LogP) is 2.66. The van der Waals surface area contributed by atoms with E-state index in [-0.39, 0.29) is 18.1 Å². The van der Waals surface area contributed by atoms with Crippen molar-refractivity contribution in [2.45, 2.75) is 19.4 Å². The zero-order valence-electron chi connectivity index (χ0n) is 16.1. The van der Waals surface area contributed by atoms with E-state index in [0.29, 0.717) is 18.7 Å². The van der Waals surface area contributed by atoms with Crippen molar-refractivity contribution < 1.29 is 18.7 Å². The van der Waals surface area contributed by atoms with Crippen LogP contribution < -0.4 is 9.47 Å². The molecule has 5 nitrogen and oxygen atoms in total. The normalized spacial score (nSPS) is 16.6. The highest BCUT2D eigenvalue weighted by Gasteiger charge is 2.22. The van der Waals surface area contributed by atoms with E-state index in [9.17, 15) is 9.18 Å². The summed E-state index contributed by atoms with van der Waals surface area (Å²) in [6.45, 7) is 4.75. The third kappa shape index (κ3) is 4.12. The first-order valence-corrected chi connectivity index (χ1v) is 9.69. The molecule has 0 radical (unpaired) electrons. The Balaban J connectivity index is 1.29. The summed E-state index contributed by atoms with van der Waals surface area (Å²) in [6, 6.07) is 11.1. The van der Waals surface area contributed by atoms with Crippen LogP contribution in [0.1, 0.15) is 16.7 Å². The number of hydrogen-bond donors (Lipinski definition) is 0. The summed E-state index contributed by atoms with van der Waals surface area (Å²) in [4.78, 5) is 16.8. The fourth-order valence-corrected chi connectivity index (χ4v) is 3.86. The van der Waals surface area contributed by atoms with Crippen LogP contribution in [0.25, 0.3) is 0 Å². The van der Waals surface area contributed by atoms with Crippen LogP contribution in [-0.2, 0) is 24.2 Å². The lowest BCUT2D eigenvalue weighted by molar-refractivity contribution is -0.132. The smallest absolute Gasteiger partial charge is 0.227 e. The van der Waals surface area contributed by atoms with E-state index in [2.05, 4.69) is 23.1 Å². The highest BCUT2D eigenvalue weighted by atomic mass is 19.1. The number of methoxy groups -OCH3 is 1. The monoisotopic (exact) mass is 384 g/mol. The molecule has 0 atom stereocenters. The molecule has 2 aliphatic heterocycles. The molecule has 6 heteroatoms. The van der Waals surface area contributed by atoms with Crippen LogP contribution in [0, 0.1) is 5.82 Å². The van der Waals surface area contributed by atoms with E-state index in [1.807, 2.05) is 4.90 Å². The Kier molecular flexibility index (Phi) is 5.48. The topological polar surface area (TPSA) is 42.0 Å². The van der Waals surface area contributed by atoms with Gasteiger partial charge in [-0.25, -0.2) is 4.39 Å². The number of ether oxygens (including phenoxy) is 2. The molecule has 0 spiro atoms. The van der Waals surface area contributed by atoms with Crippen molar-refractivity contribution in [2.75, 3.05) is 39.9 Å². The number of piperazine rings is 1. The van der Waals surface area contributed by atoms with Crippen LogP contribution >= 0.6 is 0 Å². The number of fused-ring (bicyclic) bond motifs is 1. The molecule has 148 valence electrons. The molecule has 0 N–H and O–H groups in total. The number of nitrogens with zero attached hydrogens (tertiary/aromatic N) is 2. The molecule has 4 rings (SSSR count). The zero-order valence-corrected chi connectivity index (χ0v) is 16.1. The first-order valence-electron chi connectivity index (χ1n) is 9.69. The van der Waals surface area contributed by atoms with Crippen molar-refractivity contribution in [3.05, 3.63) is 58.9 Å². The van der Waals surface area contributed by atoms with E-state index in [1.54, 1.807) is 12.1 Å². The molecule has 2 heterocycles. The maximum absolute atomic E-state index is 13.8. The average Bonchev–Trinajstić information content (AvgIpc) is 3.16.